The number of benzene rings is 1. The van der Waals surface area contributed by atoms with E-state index >= 15 is 0 Å². The summed E-state index contributed by atoms with van der Waals surface area (Å²) in [4.78, 5) is 4.03. The van der Waals surface area contributed by atoms with E-state index in [2.05, 4.69) is 15.0 Å². The molecule has 22 heavy (non-hydrogen) atoms. The Balaban J connectivity index is 1.86. The molecule has 1 aromatic carbocycles. The number of anilines is 1. The van der Waals surface area contributed by atoms with Gasteiger partial charge in [-0.15, -0.1) is 0 Å². The first-order valence-electron chi connectivity index (χ1n) is 6.36. The number of hydrogen-bond acceptors (Lipinski definition) is 5. The molecule has 0 saturated heterocycles. The largest absolute Gasteiger partial charge is 0.382 e. The van der Waals surface area contributed by atoms with Gasteiger partial charge in [-0.05, 0) is 30.3 Å². The van der Waals surface area contributed by atoms with Crippen molar-refractivity contribution in [3.8, 4) is 6.07 Å². The van der Waals surface area contributed by atoms with Crippen molar-refractivity contribution >= 4 is 27.3 Å². The molecular weight excluding hydrogens is 324 g/mol. The number of nitrogens with zero attached hydrogens (tertiary/aromatic N) is 2. The van der Waals surface area contributed by atoms with Gasteiger partial charge in [0.25, 0.3) is 0 Å². The van der Waals surface area contributed by atoms with Crippen LogP contribution in [0.3, 0.4) is 0 Å². The van der Waals surface area contributed by atoms with Crippen LogP contribution in [-0.4, -0.2) is 26.5 Å². The molecule has 0 aliphatic carbocycles. The van der Waals surface area contributed by atoms with Crippen LogP contribution < -0.4 is 10.0 Å². The summed E-state index contributed by atoms with van der Waals surface area (Å²) in [6.45, 7) is 0.586. The Kier molecular flexibility index (Phi) is 5.33. The van der Waals surface area contributed by atoms with Crippen LogP contribution in [0.25, 0.3) is 0 Å². The third-order valence-corrected chi connectivity index (χ3v) is 4.42. The molecule has 0 aliphatic rings. The molecule has 0 unspecified atom stereocenters. The van der Waals surface area contributed by atoms with Crippen LogP contribution in [0.2, 0.25) is 5.02 Å². The minimum absolute atomic E-state index is 0.125. The third kappa shape index (κ3) is 4.43. The van der Waals surface area contributed by atoms with E-state index in [9.17, 15) is 8.42 Å². The Bertz CT molecular complexity index is 785. The van der Waals surface area contributed by atoms with E-state index in [4.69, 9.17) is 16.9 Å². The molecule has 1 heterocycles. The Morgan fingerprint density at radius 1 is 1.23 bits per heavy atom. The molecule has 2 N–H and O–H groups in total. The van der Waals surface area contributed by atoms with Gasteiger partial charge in [0.15, 0.2) is 0 Å². The van der Waals surface area contributed by atoms with Crippen molar-refractivity contribution < 1.29 is 8.42 Å². The van der Waals surface area contributed by atoms with E-state index in [1.807, 2.05) is 6.07 Å². The summed E-state index contributed by atoms with van der Waals surface area (Å²) in [7, 11) is -3.58. The summed E-state index contributed by atoms with van der Waals surface area (Å²) in [5.41, 5.74) is 1.04. The average Bonchev–Trinajstić information content (AvgIpc) is 2.52. The Morgan fingerprint density at radius 3 is 2.68 bits per heavy atom. The summed E-state index contributed by atoms with van der Waals surface area (Å²) >= 11 is 5.78. The van der Waals surface area contributed by atoms with Crippen molar-refractivity contribution in [1.29, 1.82) is 5.26 Å². The van der Waals surface area contributed by atoms with E-state index in [1.165, 1.54) is 18.3 Å². The summed E-state index contributed by atoms with van der Waals surface area (Å²) in [5, 5.41) is 12.0. The molecule has 2 aromatic rings. The van der Waals surface area contributed by atoms with Crippen molar-refractivity contribution in [3.63, 3.8) is 0 Å². The maximum atomic E-state index is 12.0. The number of sulfonamides is 1. The van der Waals surface area contributed by atoms with Crippen molar-refractivity contribution in [2.45, 2.75) is 4.90 Å². The lowest BCUT2D eigenvalue weighted by Gasteiger charge is -2.09. The summed E-state index contributed by atoms with van der Waals surface area (Å²) in [6.07, 6.45) is 1.52. The fourth-order valence-electron chi connectivity index (χ4n) is 1.67. The van der Waals surface area contributed by atoms with E-state index < -0.39 is 10.0 Å². The van der Waals surface area contributed by atoms with Crippen LogP contribution in [0.15, 0.2) is 47.5 Å². The zero-order chi connectivity index (χ0) is 16.0. The van der Waals surface area contributed by atoms with Gasteiger partial charge in [0.2, 0.25) is 10.0 Å². The molecule has 0 amide bonds. The van der Waals surface area contributed by atoms with Crippen LogP contribution in [0.5, 0.6) is 0 Å². The Labute approximate surface area is 133 Å². The normalized spacial score (nSPS) is 10.9. The molecule has 1 aromatic heterocycles. The van der Waals surface area contributed by atoms with Gasteiger partial charge in [-0.3, -0.25) is 0 Å². The fourth-order valence-corrected chi connectivity index (χ4v) is 3.01. The topological polar surface area (TPSA) is 94.9 Å². The van der Waals surface area contributed by atoms with Gasteiger partial charge >= 0.3 is 0 Å². The van der Waals surface area contributed by atoms with E-state index in [-0.39, 0.29) is 11.4 Å². The molecule has 0 radical (unpaired) electrons. The number of nitrogens with one attached hydrogen (secondary N) is 2. The molecule has 114 valence electrons. The summed E-state index contributed by atoms with van der Waals surface area (Å²) in [5.74, 6) is 0. The van der Waals surface area contributed by atoms with E-state index in [1.54, 1.807) is 24.3 Å². The minimum Gasteiger partial charge on any atom is -0.382 e. The van der Waals surface area contributed by atoms with Gasteiger partial charge < -0.3 is 5.32 Å². The monoisotopic (exact) mass is 336 g/mol. The molecule has 6 nitrogen and oxygen atoms in total. The number of halogens is 1. The highest BCUT2D eigenvalue weighted by Crippen LogP contribution is 2.14. The molecule has 0 fully saturated rings. The van der Waals surface area contributed by atoms with Gasteiger partial charge in [-0.1, -0.05) is 17.7 Å². The number of nitriles is 1. The number of aromatic nitrogens is 1. The predicted molar refractivity (Wildman–Crippen MR) is 84.1 cm³/mol. The fraction of sp³-hybridized carbons (Fsp3) is 0.143. The zero-order valence-electron chi connectivity index (χ0n) is 11.5. The SMILES string of the molecule is N#Cc1ccc(NCCNS(=O)(=O)c2cccc(Cl)c2)cn1. The Hall–Kier alpha value is -2.14. The predicted octanol–water partition coefficient (Wildman–Crippen LogP) is 2.00. The lowest BCUT2D eigenvalue weighted by molar-refractivity contribution is 0.583. The van der Waals surface area contributed by atoms with Gasteiger partial charge in [0.05, 0.1) is 16.8 Å². The second-order valence-electron chi connectivity index (χ2n) is 4.33. The summed E-state index contributed by atoms with van der Waals surface area (Å²) in [6, 6.07) is 11.3. The van der Waals surface area contributed by atoms with E-state index in [0.717, 1.165) is 0 Å². The molecule has 0 bridgehead atoms. The summed E-state index contributed by atoms with van der Waals surface area (Å²) < 4.78 is 26.5. The van der Waals surface area contributed by atoms with Crippen LogP contribution in [0.1, 0.15) is 5.69 Å². The molecule has 0 aliphatic heterocycles. The average molecular weight is 337 g/mol. The second kappa shape index (κ2) is 7.22. The standard InChI is InChI=1S/C14H13ClN4O2S/c15-11-2-1-3-14(8-11)22(20,21)19-7-6-17-13-5-4-12(9-16)18-10-13/h1-5,8,10,17,19H,6-7H2. The maximum Gasteiger partial charge on any atom is 0.240 e. The smallest absolute Gasteiger partial charge is 0.240 e. The number of rotatable bonds is 6. The molecular formula is C14H13ClN4O2S. The van der Waals surface area contributed by atoms with Crippen LogP contribution in [-0.2, 0) is 10.0 Å². The van der Waals surface area contributed by atoms with E-state index in [0.29, 0.717) is 22.9 Å². The Morgan fingerprint density at radius 2 is 2.05 bits per heavy atom. The van der Waals surface area contributed by atoms with Crippen molar-refractivity contribution in [2.75, 3.05) is 18.4 Å². The third-order valence-electron chi connectivity index (χ3n) is 2.73. The van der Waals surface area contributed by atoms with Crippen LogP contribution in [0, 0.1) is 11.3 Å². The zero-order valence-corrected chi connectivity index (χ0v) is 13.0. The van der Waals surface area contributed by atoms with Crippen LogP contribution >= 0.6 is 11.6 Å². The van der Waals surface area contributed by atoms with Crippen molar-refractivity contribution in [3.05, 3.63) is 53.3 Å². The molecule has 8 heteroatoms. The highest BCUT2D eigenvalue weighted by molar-refractivity contribution is 7.89. The quantitative estimate of drug-likeness (QED) is 0.787. The second-order valence-corrected chi connectivity index (χ2v) is 6.53. The van der Waals surface area contributed by atoms with Gasteiger partial charge in [-0.25, -0.2) is 18.1 Å². The maximum absolute atomic E-state index is 12.0. The lowest BCUT2D eigenvalue weighted by atomic mass is 10.3. The number of hydrogen-bond donors (Lipinski definition) is 2. The lowest BCUT2D eigenvalue weighted by Crippen LogP contribution is -2.28. The van der Waals surface area contributed by atoms with Crippen molar-refractivity contribution in [1.82, 2.24) is 9.71 Å². The molecule has 0 atom stereocenters. The first kappa shape index (κ1) is 16.2. The van der Waals surface area contributed by atoms with Crippen molar-refractivity contribution in [2.24, 2.45) is 0 Å². The minimum atomic E-state index is -3.58. The first-order valence-corrected chi connectivity index (χ1v) is 8.22. The van der Waals surface area contributed by atoms with Gasteiger partial charge in [-0.2, -0.15) is 5.26 Å². The van der Waals surface area contributed by atoms with Gasteiger partial charge in [0.1, 0.15) is 11.8 Å². The molecule has 0 spiro atoms. The molecule has 2 rings (SSSR count). The van der Waals surface area contributed by atoms with Gasteiger partial charge in [0, 0.05) is 18.1 Å². The number of pyridine rings is 1. The van der Waals surface area contributed by atoms with Crippen LogP contribution in [0.4, 0.5) is 5.69 Å². The highest BCUT2D eigenvalue weighted by atomic mass is 35.5. The first-order chi connectivity index (χ1) is 10.5. The molecule has 0 saturated carbocycles. The highest BCUT2D eigenvalue weighted by Gasteiger charge is 2.13.